The predicted molar refractivity (Wildman–Crippen MR) is 49.6 cm³/mol. The molecule has 0 aliphatic rings. The van der Waals surface area contributed by atoms with Gasteiger partial charge in [0.2, 0.25) is 0 Å². The van der Waals surface area contributed by atoms with Crippen LogP contribution in [0.5, 0.6) is 0 Å². The highest BCUT2D eigenvalue weighted by molar-refractivity contribution is 5.05. The van der Waals surface area contributed by atoms with Crippen molar-refractivity contribution in [3.05, 3.63) is 23.7 Å². The molecule has 0 atom stereocenters. The van der Waals surface area contributed by atoms with Crippen LogP contribution < -0.4 is 0 Å². The second-order valence-corrected chi connectivity index (χ2v) is 3.30. The molecule has 0 aliphatic carbocycles. The Kier molecular flexibility index (Phi) is 4.82. The monoisotopic (exact) mass is 238 g/mol. The first-order valence-electron chi connectivity index (χ1n) is 4.84. The van der Waals surface area contributed by atoms with E-state index in [2.05, 4.69) is 0 Å². The summed E-state index contributed by atoms with van der Waals surface area (Å²) in [6, 6.07) is 3.21. The number of aliphatic hydroxyl groups is 1. The second-order valence-electron chi connectivity index (χ2n) is 3.30. The summed E-state index contributed by atoms with van der Waals surface area (Å²) in [4.78, 5) is 0. The molecule has 0 saturated carbocycles. The number of hydrogen-bond donors (Lipinski definition) is 1. The average Bonchev–Trinajstić information content (AvgIpc) is 2.63. The van der Waals surface area contributed by atoms with E-state index >= 15 is 0 Å². The minimum absolute atomic E-state index is 0.0364. The molecule has 6 heteroatoms. The smallest absolute Gasteiger partial charge is 0.389 e. The summed E-state index contributed by atoms with van der Waals surface area (Å²) >= 11 is 0. The molecule has 0 radical (unpaired) electrons. The van der Waals surface area contributed by atoms with Crippen molar-refractivity contribution in [2.24, 2.45) is 0 Å². The Morgan fingerprint density at radius 3 is 2.50 bits per heavy atom. The van der Waals surface area contributed by atoms with Crippen LogP contribution in [0.1, 0.15) is 24.4 Å². The van der Waals surface area contributed by atoms with Crippen molar-refractivity contribution < 1.29 is 27.4 Å². The Hall–Kier alpha value is -1.01. The molecular weight excluding hydrogens is 225 g/mol. The van der Waals surface area contributed by atoms with Crippen LogP contribution in [0.25, 0.3) is 0 Å². The fraction of sp³-hybridized carbons (Fsp3) is 0.600. The zero-order valence-electron chi connectivity index (χ0n) is 8.59. The zero-order valence-corrected chi connectivity index (χ0v) is 8.59. The maximum atomic E-state index is 11.8. The van der Waals surface area contributed by atoms with E-state index in [1.807, 2.05) is 0 Å². The van der Waals surface area contributed by atoms with Crippen LogP contribution in [-0.2, 0) is 18.0 Å². The van der Waals surface area contributed by atoms with Gasteiger partial charge in [0.25, 0.3) is 0 Å². The lowest BCUT2D eigenvalue weighted by Gasteiger charge is -2.05. The molecule has 1 aromatic heterocycles. The largest absolute Gasteiger partial charge is 0.461 e. The summed E-state index contributed by atoms with van der Waals surface area (Å²) in [7, 11) is 0. The van der Waals surface area contributed by atoms with Crippen molar-refractivity contribution in [2.75, 3.05) is 6.61 Å². The predicted octanol–water partition coefficient (Wildman–Crippen LogP) is 2.63. The van der Waals surface area contributed by atoms with E-state index in [9.17, 15) is 13.2 Å². The maximum absolute atomic E-state index is 11.8. The fourth-order valence-electron chi connectivity index (χ4n) is 1.13. The van der Waals surface area contributed by atoms with Crippen molar-refractivity contribution in [1.82, 2.24) is 0 Å². The van der Waals surface area contributed by atoms with E-state index in [0.717, 1.165) is 0 Å². The molecule has 1 N–H and O–H groups in total. The highest BCUT2D eigenvalue weighted by Crippen LogP contribution is 2.21. The number of halogens is 3. The number of rotatable bonds is 6. The molecule has 16 heavy (non-hydrogen) atoms. The van der Waals surface area contributed by atoms with Crippen LogP contribution in [0.4, 0.5) is 13.2 Å². The SMILES string of the molecule is OCc1ccc(COCCCC(F)(F)F)o1. The maximum Gasteiger partial charge on any atom is 0.389 e. The molecule has 1 rings (SSSR count). The molecule has 0 amide bonds. The lowest BCUT2D eigenvalue weighted by atomic mass is 10.3. The third-order valence-corrected chi connectivity index (χ3v) is 1.87. The Bertz CT molecular complexity index is 307. The van der Waals surface area contributed by atoms with Crippen LogP contribution in [0, 0.1) is 0 Å². The number of hydrogen-bond acceptors (Lipinski definition) is 3. The van der Waals surface area contributed by atoms with Gasteiger partial charge < -0.3 is 14.3 Å². The van der Waals surface area contributed by atoms with Gasteiger partial charge in [0.05, 0.1) is 0 Å². The van der Waals surface area contributed by atoms with Crippen molar-refractivity contribution in [3.8, 4) is 0 Å². The topological polar surface area (TPSA) is 42.6 Å². The molecule has 0 bridgehead atoms. The first kappa shape index (κ1) is 13.1. The summed E-state index contributed by atoms with van der Waals surface area (Å²) in [6.07, 6.45) is -5.03. The Labute approximate surface area is 90.8 Å². The molecule has 0 aliphatic heterocycles. The molecule has 92 valence electrons. The van der Waals surface area contributed by atoms with E-state index in [1.165, 1.54) is 0 Å². The molecule has 0 spiro atoms. The number of alkyl halides is 3. The van der Waals surface area contributed by atoms with Gasteiger partial charge in [-0.3, -0.25) is 0 Å². The van der Waals surface area contributed by atoms with E-state index in [4.69, 9.17) is 14.3 Å². The quantitative estimate of drug-likeness (QED) is 0.774. The standard InChI is InChI=1S/C10H13F3O3/c11-10(12,13)4-1-5-15-7-9-3-2-8(6-14)16-9/h2-3,14H,1,4-7H2. The van der Waals surface area contributed by atoms with Gasteiger partial charge in [-0.05, 0) is 18.6 Å². The van der Waals surface area contributed by atoms with Crippen LogP contribution in [0.2, 0.25) is 0 Å². The van der Waals surface area contributed by atoms with Gasteiger partial charge in [-0.25, -0.2) is 0 Å². The number of ether oxygens (including phenoxy) is 1. The summed E-state index contributed by atoms with van der Waals surface area (Å²) in [5.41, 5.74) is 0. The van der Waals surface area contributed by atoms with Gasteiger partial charge in [0.15, 0.2) is 0 Å². The Morgan fingerprint density at radius 1 is 1.25 bits per heavy atom. The zero-order chi connectivity index (χ0) is 12.0. The van der Waals surface area contributed by atoms with Gasteiger partial charge in [0.1, 0.15) is 24.7 Å². The molecule has 0 saturated heterocycles. The summed E-state index contributed by atoms with van der Waals surface area (Å²) in [5.74, 6) is 0.907. The molecule has 0 fully saturated rings. The van der Waals surface area contributed by atoms with Crippen molar-refractivity contribution >= 4 is 0 Å². The normalized spacial score (nSPS) is 12.0. The highest BCUT2D eigenvalue weighted by Gasteiger charge is 2.25. The van der Waals surface area contributed by atoms with Crippen LogP contribution in [-0.4, -0.2) is 17.9 Å². The molecular formula is C10H13F3O3. The first-order valence-corrected chi connectivity index (χ1v) is 4.84. The number of furan rings is 1. The molecule has 3 nitrogen and oxygen atoms in total. The Morgan fingerprint density at radius 2 is 1.94 bits per heavy atom. The minimum Gasteiger partial charge on any atom is -0.461 e. The molecule has 0 unspecified atom stereocenters. The van der Waals surface area contributed by atoms with E-state index in [0.29, 0.717) is 11.5 Å². The summed E-state index contributed by atoms with van der Waals surface area (Å²) in [6.45, 7) is -0.0411. The Balaban J connectivity index is 2.11. The van der Waals surface area contributed by atoms with Gasteiger partial charge in [-0.1, -0.05) is 0 Å². The molecule has 1 heterocycles. The van der Waals surface area contributed by atoms with E-state index in [1.54, 1.807) is 12.1 Å². The molecule has 1 aromatic rings. The fourth-order valence-corrected chi connectivity index (χ4v) is 1.13. The van der Waals surface area contributed by atoms with E-state index < -0.39 is 12.6 Å². The average molecular weight is 238 g/mol. The summed E-state index contributed by atoms with van der Waals surface area (Å²) in [5, 5.41) is 8.69. The van der Waals surface area contributed by atoms with Gasteiger partial charge in [0, 0.05) is 13.0 Å². The van der Waals surface area contributed by atoms with Crippen molar-refractivity contribution in [1.29, 1.82) is 0 Å². The molecule has 0 aromatic carbocycles. The van der Waals surface area contributed by atoms with Crippen molar-refractivity contribution in [2.45, 2.75) is 32.2 Å². The van der Waals surface area contributed by atoms with Gasteiger partial charge in [-0.2, -0.15) is 13.2 Å². The van der Waals surface area contributed by atoms with Gasteiger partial charge >= 0.3 is 6.18 Å². The summed E-state index contributed by atoms with van der Waals surface area (Å²) < 4.78 is 45.3. The third kappa shape index (κ3) is 5.18. The minimum atomic E-state index is -4.13. The third-order valence-electron chi connectivity index (χ3n) is 1.87. The van der Waals surface area contributed by atoms with Crippen LogP contribution >= 0.6 is 0 Å². The number of aliphatic hydroxyl groups excluding tert-OH is 1. The van der Waals surface area contributed by atoms with Gasteiger partial charge in [-0.15, -0.1) is 0 Å². The highest BCUT2D eigenvalue weighted by atomic mass is 19.4. The van der Waals surface area contributed by atoms with Crippen LogP contribution in [0.15, 0.2) is 16.5 Å². The van der Waals surface area contributed by atoms with Crippen molar-refractivity contribution in [3.63, 3.8) is 0 Å². The second kappa shape index (κ2) is 5.91. The first-order chi connectivity index (χ1) is 7.51. The lowest BCUT2D eigenvalue weighted by Crippen LogP contribution is -2.08. The lowest BCUT2D eigenvalue weighted by molar-refractivity contribution is -0.138. The van der Waals surface area contributed by atoms with Crippen LogP contribution in [0.3, 0.4) is 0 Å². The van der Waals surface area contributed by atoms with E-state index in [-0.39, 0.29) is 26.2 Å².